The molecule has 2 N–H and O–H groups in total. The molecular weight excluding hydrogens is 248 g/mol. The Morgan fingerprint density at radius 3 is 3.00 bits per heavy atom. The number of amides is 1. The lowest BCUT2D eigenvalue weighted by Gasteiger charge is -2.13. The molecule has 4 heteroatoms. The largest absolute Gasteiger partial charge is 0.351 e. The van der Waals surface area contributed by atoms with Gasteiger partial charge in [-0.2, -0.15) is 0 Å². The highest BCUT2D eigenvalue weighted by atomic mass is 35.5. The third-order valence-corrected chi connectivity index (χ3v) is 3.61. The number of carbonyl (C=O) groups excluding carboxylic acids is 1. The maximum Gasteiger partial charge on any atom is 0.237 e. The van der Waals surface area contributed by atoms with E-state index in [1.807, 2.05) is 18.2 Å². The zero-order valence-corrected chi connectivity index (χ0v) is 11.4. The molecule has 0 aliphatic carbocycles. The van der Waals surface area contributed by atoms with E-state index >= 15 is 0 Å². The molecule has 1 amide bonds. The summed E-state index contributed by atoms with van der Waals surface area (Å²) in [5, 5.41) is 6.90. The van der Waals surface area contributed by atoms with Gasteiger partial charge < -0.3 is 10.6 Å². The van der Waals surface area contributed by atoms with E-state index in [1.54, 1.807) is 0 Å². The van der Waals surface area contributed by atoms with Crippen molar-refractivity contribution in [2.75, 3.05) is 6.54 Å². The summed E-state index contributed by atoms with van der Waals surface area (Å²) in [4.78, 5) is 11.9. The fraction of sp³-hybridized carbons (Fsp3) is 0.500. The molecular formula is C14H19ClN2O. The molecule has 1 aromatic carbocycles. The molecule has 1 fully saturated rings. The van der Waals surface area contributed by atoms with Crippen molar-refractivity contribution >= 4 is 17.5 Å². The number of rotatable bonds is 4. The van der Waals surface area contributed by atoms with E-state index in [4.69, 9.17) is 11.6 Å². The van der Waals surface area contributed by atoms with Gasteiger partial charge in [0.15, 0.2) is 0 Å². The third-order valence-electron chi connectivity index (χ3n) is 3.38. The molecule has 0 radical (unpaired) electrons. The van der Waals surface area contributed by atoms with Gasteiger partial charge in [-0.05, 0) is 49.1 Å². The quantitative estimate of drug-likeness (QED) is 0.878. The molecule has 3 nitrogen and oxygen atoms in total. The van der Waals surface area contributed by atoms with Crippen LogP contribution < -0.4 is 10.6 Å². The third kappa shape index (κ3) is 3.24. The fourth-order valence-corrected chi connectivity index (χ4v) is 2.51. The van der Waals surface area contributed by atoms with Crippen molar-refractivity contribution in [2.24, 2.45) is 0 Å². The first kappa shape index (κ1) is 13.4. The number of halogens is 1. The maximum absolute atomic E-state index is 11.9. The minimum Gasteiger partial charge on any atom is -0.351 e. The lowest BCUT2D eigenvalue weighted by atomic mass is 10.1. The van der Waals surface area contributed by atoms with Gasteiger partial charge >= 0.3 is 0 Å². The van der Waals surface area contributed by atoms with Gasteiger partial charge in [0.1, 0.15) is 0 Å². The molecule has 0 spiro atoms. The minimum absolute atomic E-state index is 0.0192. The van der Waals surface area contributed by atoms with Gasteiger partial charge in [-0.3, -0.25) is 4.79 Å². The Labute approximate surface area is 113 Å². The van der Waals surface area contributed by atoms with Gasteiger partial charge in [0.05, 0.1) is 6.04 Å². The summed E-state index contributed by atoms with van der Waals surface area (Å²) in [7, 11) is 0. The average molecular weight is 267 g/mol. The zero-order valence-electron chi connectivity index (χ0n) is 10.6. The van der Waals surface area contributed by atoms with Gasteiger partial charge in [-0.1, -0.05) is 24.6 Å². The van der Waals surface area contributed by atoms with Crippen LogP contribution in [-0.4, -0.2) is 18.5 Å². The van der Waals surface area contributed by atoms with Crippen molar-refractivity contribution in [3.63, 3.8) is 0 Å². The minimum atomic E-state index is -0.0192. The van der Waals surface area contributed by atoms with Gasteiger partial charge in [0, 0.05) is 11.6 Å². The van der Waals surface area contributed by atoms with Gasteiger partial charge in [-0.15, -0.1) is 0 Å². The summed E-state index contributed by atoms with van der Waals surface area (Å²) in [5.41, 5.74) is 2.34. The summed E-state index contributed by atoms with van der Waals surface area (Å²) in [6.45, 7) is 3.60. The first-order valence-electron chi connectivity index (χ1n) is 6.49. The molecule has 1 saturated heterocycles. The lowest BCUT2D eigenvalue weighted by molar-refractivity contribution is -0.122. The van der Waals surface area contributed by atoms with E-state index in [2.05, 4.69) is 17.6 Å². The van der Waals surface area contributed by atoms with Crippen LogP contribution in [0.1, 0.15) is 30.9 Å². The van der Waals surface area contributed by atoms with E-state index < -0.39 is 0 Å². The predicted molar refractivity (Wildman–Crippen MR) is 73.7 cm³/mol. The number of nitrogens with one attached hydrogen (secondary N) is 2. The fourth-order valence-electron chi connectivity index (χ4n) is 2.32. The van der Waals surface area contributed by atoms with Crippen LogP contribution in [0.3, 0.4) is 0 Å². The molecule has 98 valence electrons. The summed E-state index contributed by atoms with van der Waals surface area (Å²) in [6.07, 6.45) is 2.96. The van der Waals surface area contributed by atoms with Crippen molar-refractivity contribution in [1.82, 2.24) is 10.6 Å². The zero-order chi connectivity index (χ0) is 13.0. The molecule has 1 aliphatic rings. The Bertz CT molecular complexity index is 428. The van der Waals surface area contributed by atoms with Crippen LogP contribution >= 0.6 is 11.6 Å². The van der Waals surface area contributed by atoms with Crippen molar-refractivity contribution in [3.8, 4) is 0 Å². The molecule has 2 rings (SSSR count). The molecule has 18 heavy (non-hydrogen) atoms. The van der Waals surface area contributed by atoms with Gasteiger partial charge in [0.2, 0.25) is 5.91 Å². The number of carbonyl (C=O) groups is 1. The van der Waals surface area contributed by atoms with E-state index in [9.17, 15) is 4.79 Å². The first-order valence-corrected chi connectivity index (χ1v) is 6.87. The number of aryl methyl sites for hydroxylation is 1. The summed E-state index contributed by atoms with van der Waals surface area (Å²) in [5.74, 6) is 0.0922. The van der Waals surface area contributed by atoms with Crippen LogP contribution in [0.4, 0.5) is 0 Å². The van der Waals surface area contributed by atoms with Crippen LogP contribution in [0.25, 0.3) is 0 Å². The molecule has 1 aromatic rings. The molecule has 1 aliphatic heterocycles. The second-order valence-corrected chi connectivity index (χ2v) is 5.07. The van der Waals surface area contributed by atoms with Crippen LogP contribution in [0.5, 0.6) is 0 Å². The van der Waals surface area contributed by atoms with E-state index in [-0.39, 0.29) is 11.9 Å². The van der Waals surface area contributed by atoms with Crippen LogP contribution in [0.15, 0.2) is 18.2 Å². The Morgan fingerprint density at radius 2 is 2.33 bits per heavy atom. The van der Waals surface area contributed by atoms with Crippen molar-refractivity contribution < 1.29 is 4.79 Å². The highest BCUT2D eigenvalue weighted by molar-refractivity contribution is 6.30. The number of hydrogen-bond donors (Lipinski definition) is 2. The summed E-state index contributed by atoms with van der Waals surface area (Å²) < 4.78 is 0. The highest BCUT2D eigenvalue weighted by Gasteiger charge is 2.21. The number of hydrogen-bond acceptors (Lipinski definition) is 2. The second-order valence-electron chi connectivity index (χ2n) is 4.63. The predicted octanol–water partition coefficient (Wildman–Crippen LogP) is 2.27. The molecule has 0 unspecified atom stereocenters. The Morgan fingerprint density at radius 1 is 1.50 bits per heavy atom. The van der Waals surface area contributed by atoms with Crippen molar-refractivity contribution in [3.05, 3.63) is 34.3 Å². The van der Waals surface area contributed by atoms with Crippen LogP contribution in [-0.2, 0) is 17.8 Å². The lowest BCUT2D eigenvalue weighted by Crippen LogP contribution is -2.40. The topological polar surface area (TPSA) is 41.1 Å². The van der Waals surface area contributed by atoms with E-state index in [0.29, 0.717) is 6.54 Å². The van der Waals surface area contributed by atoms with E-state index in [1.165, 1.54) is 5.56 Å². The molecule has 0 aromatic heterocycles. The second kappa shape index (κ2) is 6.21. The standard InChI is InChI=1S/C14H19ClN2O/c1-2-10-5-6-12(15)8-11(10)9-17-14(18)13-4-3-7-16-13/h5-6,8,13,16H,2-4,7,9H2,1H3,(H,17,18)/t13-/m0/s1. The van der Waals surface area contributed by atoms with E-state index in [0.717, 1.165) is 36.4 Å². The smallest absolute Gasteiger partial charge is 0.237 e. The molecule has 1 atom stereocenters. The van der Waals surface area contributed by atoms with Crippen LogP contribution in [0.2, 0.25) is 5.02 Å². The van der Waals surface area contributed by atoms with Crippen molar-refractivity contribution in [1.29, 1.82) is 0 Å². The monoisotopic (exact) mass is 266 g/mol. The van der Waals surface area contributed by atoms with Gasteiger partial charge in [0.25, 0.3) is 0 Å². The molecule has 0 bridgehead atoms. The molecule has 0 saturated carbocycles. The van der Waals surface area contributed by atoms with Crippen molar-refractivity contribution in [2.45, 2.75) is 38.8 Å². The summed E-state index contributed by atoms with van der Waals surface area (Å²) in [6, 6.07) is 5.83. The number of benzene rings is 1. The Balaban J connectivity index is 1.96. The Hall–Kier alpha value is -1.06. The first-order chi connectivity index (χ1) is 8.70. The summed E-state index contributed by atoms with van der Waals surface area (Å²) >= 11 is 5.99. The average Bonchev–Trinajstić information content (AvgIpc) is 2.90. The Kier molecular flexibility index (Phi) is 4.61. The van der Waals surface area contributed by atoms with Crippen LogP contribution in [0, 0.1) is 0 Å². The SMILES string of the molecule is CCc1ccc(Cl)cc1CNC(=O)[C@@H]1CCCN1. The highest BCUT2D eigenvalue weighted by Crippen LogP contribution is 2.16. The normalized spacial score (nSPS) is 18.9. The molecule has 1 heterocycles. The maximum atomic E-state index is 11.9. The van der Waals surface area contributed by atoms with Gasteiger partial charge in [-0.25, -0.2) is 0 Å².